The summed E-state index contributed by atoms with van der Waals surface area (Å²) in [6.45, 7) is 0.816. The van der Waals surface area contributed by atoms with Gasteiger partial charge in [0, 0.05) is 6.20 Å². The number of hydrogen-bond acceptors (Lipinski definition) is 3. The first kappa shape index (κ1) is 7.21. The molecule has 0 aliphatic carbocycles. The van der Waals surface area contributed by atoms with Crippen molar-refractivity contribution in [2.24, 2.45) is 4.99 Å². The van der Waals surface area contributed by atoms with Crippen molar-refractivity contribution in [2.45, 2.75) is 6.54 Å². The maximum Gasteiger partial charge on any atom is 0.172 e. The summed E-state index contributed by atoms with van der Waals surface area (Å²) in [6.07, 6.45) is 2.07. The van der Waals surface area contributed by atoms with Crippen molar-refractivity contribution in [1.29, 1.82) is 0 Å². The molecule has 64 valence electrons. The van der Waals surface area contributed by atoms with E-state index in [-0.39, 0.29) is 0 Å². The molecule has 3 heteroatoms. The van der Waals surface area contributed by atoms with Crippen molar-refractivity contribution in [3.05, 3.63) is 41.4 Å². The number of aliphatic imine (C=N–C) groups is 1. The highest BCUT2D eigenvalue weighted by Gasteiger charge is 2.21. The van der Waals surface area contributed by atoms with Crippen LogP contribution in [0.5, 0.6) is 0 Å². The molecule has 0 spiro atoms. The first-order chi connectivity index (χ1) is 6.45. The smallest absolute Gasteiger partial charge is 0.172 e. The minimum Gasteiger partial charge on any atom is -0.296 e. The Bertz CT molecular complexity index is 409. The van der Waals surface area contributed by atoms with Crippen LogP contribution in [0.15, 0.2) is 40.9 Å². The van der Waals surface area contributed by atoms with Crippen molar-refractivity contribution in [2.75, 3.05) is 4.90 Å². The molecule has 13 heavy (non-hydrogen) atoms. The minimum absolute atomic E-state index is 0.816. The van der Waals surface area contributed by atoms with E-state index in [0.29, 0.717) is 0 Å². The second kappa shape index (κ2) is 2.64. The molecule has 0 aromatic heterocycles. The third kappa shape index (κ3) is 1.00. The van der Waals surface area contributed by atoms with Gasteiger partial charge in [-0.05, 0) is 17.0 Å². The van der Waals surface area contributed by atoms with Gasteiger partial charge in [-0.3, -0.25) is 9.89 Å². The highest BCUT2D eigenvalue weighted by atomic mass is 32.2. The van der Waals surface area contributed by atoms with Crippen molar-refractivity contribution in [3.8, 4) is 0 Å². The van der Waals surface area contributed by atoms with E-state index in [2.05, 4.69) is 45.8 Å². The Balaban J connectivity index is 2.17. The fraction of sp³-hybridized carbons (Fsp3) is 0.100. The fourth-order valence-corrected chi connectivity index (χ4v) is 2.32. The number of nitrogens with zero attached hydrogens (tertiary/aromatic N) is 2. The molecule has 0 fully saturated rings. The maximum absolute atomic E-state index is 4.48. The van der Waals surface area contributed by atoms with E-state index in [4.69, 9.17) is 0 Å². The molecule has 0 radical (unpaired) electrons. The molecule has 1 aromatic carbocycles. The normalized spacial score (nSPS) is 18.2. The van der Waals surface area contributed by atoms with E-state index in [0.717, 1.165) is 11.7 Å². The molecule has 0 saturated heterocycles. The van der Waals surface area contributed by atoms with Crippen LogP contribution in [0.1, 0.15) is 5.56 Å². The molecule has 0 N–H and O–H groups in total. The van der Waals surface area contributed by atoms with Crippen LogP contribution < -0.4 is 4.90 Å². The van der Waals surface area contributed by atoms with E-state index in [1.54, 1.807) is 11.8 Å². The molecule has 0 saturated carbocycles. The molecule has 0 unspecified atom stereocenters. The first-order valence-corrected chi connectivity index (χ1v) is 5.08. The summed E-state index contributed by atoms with van der Waals surface area (Å²) in [5.41, 5.74) is 2.58. The lowest BCUT2D eigenvalue weighted by molar-refractivity contribution is 1.03. The number of benzene rings is 1. The second-order valence-electron chi connectivity index (χ2n) is 3.00. The number of para-hydroxylation sites is 1. The summed E-state index contributed by atoms with van der Waals surface area (Å²) in [5.74, 6) is 0. The van der Waals surface area contributed by atoms with Crippen LogP contribution in [-0.4, -0.2) is 5.17 Å². The maximum atomic E-state index is 4.48. The molecule has 0 atom stereocenters. The number of amidine groups is 1. The lowest BCUT2D eigenvalue weighted by Gasteiger charge is -2.23. The summed E-state index contributed by atoms with van der Waals surface area (Å²) in [6, 6.07) is 8.40. The zero-order chi connectivity index (χ0) is 8.67. The van der Waals surface area contributed by atoms with Crippen LogP contribution in [0.3, 0.4) is 0 Å². The van der Waals surface area contributed by atoms with Crippen LogP contribution in [0.4, 0.5) is 5.69 Å². The molecule has 2 aliphatic heterocycles. The summed E-state index contributed by atoms with van der Waals surface area (Å²) in [5, 5.41) is 3.17. The Labute approximate surface area is 81.0 Å². The SMILES string of the molecule is C1=CN2C(=NCc3ccccc32)S1. The summed E-state index contributed by atoms with van der Waals surface area (Å²) >= 11 is 1.69. The predicted molar refractivity (Wildman–Crippen MR) is 56.8 cm³/mol. The quantitative estimate of drug-likeness (QED) is 0.622. The topological polar surface area (TPSA) is 15.6 Å². The Hall–Kier alpha value is -1.22. The number of fused-ring (bicyclic) bond motifs is 3. The van der Waals surface area contributed by atoms with Gasteiger partial charge in [-0.25, -0.2) is 0 Å². The average molecular weight is 188 g/mol. The molecule has 2 nitrogen and oxygen atoms in total. The van der Waals surface area contributed by atoms with Crippen LogP contribution in [-0.2, 0) is 6.54 Å². The van der Waals surface area contributed by atoms with Gasteiger partial charge in [0.25, 0.3) is 0 Å². The van der Waals surface area contributed by atoms with Gasteiger partial charge in [-0.1, -0.05) is 30.0 Å². The largest absolute Gasteiger partial charge is 0.296 e. The number of anilines is 1. The molecule has 1 aromatic rings. The van der Waals surface area contributed by atoms with E-state index < -0.39 is 0 Å². The standard InChI is InChI=1S/C10H8N2S/c1-2-4-9-8(3-1)7-11-10-12(9)5-6-13-10/h1-6H,7H2. The molecule has 0 bridgehead atoms. The van der Waals surface area contributed by atoms with Crippen LogP contribution in [0.2, 0.25) is 0 Å². The zero-order valence-corrected chi connectivity index (χ0v) is 7.79. The second-order valence-corrected chi connectivity index (χ2v) is 3.87. The molecule has 3 rings (SSSR count). The Morgan fingerprint density at radius 2 is 2.23 bits per heavy atom. The van der Waals surface area contributed by atoms with Crippen molar-refractivity contribution in [1.82, 2.24) is 0 Å². The lowest BCUT2D eigenvalue weighted by atomic mass is 10.1. The van der Waals surface area contributed by atoms with Gasteiger partial charge in [0.15, 0.2) is 5.17 Å². The monoisotopic (exact) mass is 188 g/mol. The van der Waals surface area contributed by atoms with Gasteiger partial charge in [-0.2, -0.15) is 0 Å². The molecular formula is C10H8N2S. The Morgan fingerprint density at radius 3 is 3.23 bits per heavy atom. The fourth-order valence-electron chi connectivity index (χ4n) is 1.60. The van der Waals surface area contributed by atoms with E-state index >= 15 is 0 Å². The van der Waals surface area contributed by atoms with Gasteiger partial charge in [0.05, 0.1) is 12.2 Å². The lowest BCUT2D eigenvalue weighted by Crippen LogP contribution is -2.23. The van der Waals surface area contributed by atoms with Gasteiger partial charge in [0.2, 0.25) is 0 Å². The Kier molecular flexibility index (Phi) is 1.46. The Morgan fingerprint density at radius 1 is 1.31 bits per heavy atom. The molecular weight excluding hydrogens is 180 g/mol. The summed E-state index contributed by atoms with van der Waals surface area (Å²) in [4.78, 5) is 6.62. The summed E-state index contributed by atoms with van der Waals surface area (Å²) in [7, 11) is 0. The van der Waals surface area contributed by atoms with Gasteiger partial charge < -0.3 is 0 Å². The third-order valence-electron chi connectivity index (χ3n) is 2.23. The molecule has 2 aliphatic rings. The van der Waals surface area contributed by atoms with Gasteiger partial charge in [0.1, 0.15) is 0 Å². The number of rotatable bonds is 0. The van der Waals surface area contributed by atoms with Crippen LogP contribution in [0, 0.1) is 0 Å². The van der Waals surface area contributed by atoms with Crippen molar-refractivity contribution >= 4 is 22.6 Å². The summed E-state index contributed by atoms with van der Waals surface area (Å²) < 4.78 is 0. The molecule has 0 amide bonds. The van der Waals surface area contributed by atoms with Crippen LogP contribution in [0.25, 0.3) is 0 Å². The third-order valence-corrected chi connectivity index (χ3v) is 3.02. The van der Waals surface area contributed by atoms with Crippen molar-refractivity contribution < 1.29 is 0 Å². The highest BCUT2D eigenvalue weighted by Crippen LogP contribution is 2.33. The first-order valence-electron chi connectivity index (χ1n) is 4.20. The average Bonchev–Trinajstić information content (AvgIpc) is 2.65. The zero-order valence-electron chi connectivity index (χ0n) is 6.97. The minimum atomic E-state index is 0.816. The van der Waals surface area contributed by atoms with Gasteiger partial charge in [-0.15, -0.1) is 0 Å². The molecule has 2 heterocycles. The van der Waals surface area contributed by atoms with E-state index in [9.17, 15) is 0 Å². The predicted octanol–water partition coefficient (Wildman–Crippen LogP) is 2.58. The highest BCUT2D eigenvalue weighted by molar-refractivity contribution is 8.17. The van der Waals surface area contributed by atoms with E-state index in [1.165, 1.54) is 11.3 Å². The van der Waals surface area contributed by atoms with E-state index in [1.807, 2.05) is 0 Å². The van der Waals surface area contributed by atoms with Crippen LogP contribution >= 0.6 is 11.8 Å². The van der Waals surface area contributed by atoms with Gasteiger partial charge >= 0.3 is 0 Å². The van der Waals surface area contributed by atoms with Crippen molar-refractivity contribution in [3.63, 3.8) is 0 Å². The number of thioether (sulfide) groups is 1. The number of hydrogen-bond donors (Lipinski definition) is 0.